The van der Waals surface area contributed by atoms with Crippen molar-refractivity contribution in [1.29, 1.82) is 0 Å². The molecule has 1 atom stereocenters. The number of thioether (sulfide) groups is 1. The number of rotatable bonds is 5. The molecular formula is C18H17F2NOS2. The third-order valence-electron chi connectivity index (χ3n) is 3.90. The first-order chi connectivity index (χ1) is 11.5. The second-order valence-corrected chi connectivity index (χ2v) is 8.17. The third-order valence-corrected chi connectivity index (χ3v) is 6.31. The molecule has 0 saturated heterocycles. The Kier molecular flexibility index (Phi) is 5.15. The molecule has 0 N–H and O–H groups in total. The summed E-state index contributed by atoms with van der Waals surface area (Å²) >= 11 is 1.44. The van der Waals surface area contributed by atoms with Crippen molar-refractivity contribution >= 4 is 28.6 Å². The van der Waals surface area contributed by atoms with Gasteiger partial charge >= 0.3 is 0 Å². The van der Waals surface area contributed by atoms with Crippen LogP contribution in [0.25, 0.3) is 17.3 Å². The maximum Gasteiger partial charge on any atom is 0.126 e. The summed E-state index contributed by atoms with van der Waals surface area (Å²) in [6, 6.07) is 5.34. The molecule has 0 bridgehead atoms. The molecule has 2 aromatic rings. The zero-order chi connectivity index (χ0) is 17.3. The molecule has 24 heavy (non-hydrogen) atoms. The molecule has 1 aliphatic rings. The van der Waals surface area contributed by atoms with Gasteiger partial charge in [0.2, 0.25) is 0 Å². The Labute approximate surface area is 146 Å². The van der Waals surface area contributed by atoms with Gasteiger partial charge in [0, 0.05) is 24.1 Å². The van der Waals surface area contributed by atoms with Gasteiger partial charge in [-0.15, -0.1) is 11.8 Å². The van der Waals surface area contributed by atoms with Crippen molar-refractivity contribution in [2.45, 2.75) is 18.8 Å². The normalized spacial score (nSPS) is 16.2. The van der Waals surface area contributed by atoms with Crippen molar-refractivity contribution < 1.29 is 13.0 Å². The predicted molar refractivity (Wildman–Crippen MR) is 97.1 cm³/mol. The molecule has 0 amide bonds. The molecule has 0 spiro atoms. The topological polar surface area (TPSA) is 30.0 Å². The van der Waals surface area contributed by atoms with Gasteiger partial charge in [0.15, 0.2) is 0 Å². The molecule has 6 heteroatoms. The van der Waals surface area contributed by atoms with E-state index < -0.39 is 22.4 Å². The molecule has 2 nitrogen and oxygen atoms in total. The van der Waals surface area contributed by atoms with Crippen molar-refractivity contribution in [3.63, 3.8) is 0 Å². The van der Waals surface area contributed by atoms with Gasteiger partial charge in [0.1, 0.15) is 11.6 Å². The second-order valence-electron chi connectivity index (χ2n) is 5.72. The van der Waals surface area contributed by atoms with Gasteiger partial charge in [0.25, 0.3) is 0 Å². The van der Waals surface area contributed by atoms with Crippen LogP contribution in [0.5, 0.6) is 0 Å². The van der Waals surface area contributed by atoms with Crippen LogP contribution in [0.2, 0.25) is 0 Å². The molecule has 1 aromatic carbocycles. The molecule has 1 aromatic heterocycles. The van der Waals surface area contributed by atoms with E-state index in [9.17, 15) is 13.0 Å². The van der Waals surface area contributed by atoms with Crippen LogP contribution < -0.4 is 0 Å². The Morgan fingerprint density at radius 3 is 2.50 bits per heavy atom. The first-order valence-corrected chi connectivity index (χ1v) is 10.3. The number of pyridine rings is 1. The van der Waals surface area contributed by atoms with Gasteiger partial charge in [0.05, 0.1) is 20.7 Å². The lowest BCUT2D eigenvalue weighted by molar-refractivity contribution is 0.584. The van der Waals surface area contributed by atoms with E-state index in [1.54, 1.807) is 12.5 Å². The van der Waals surface area contributed by atoms with Crippen LogP contribution in [0.1, 0.15) is 29.9 Å². The second kappa shape index (κ2) is 7.15. The fraction of sp³-hybridized carbons (Fsp3) is 0.278. The van der Waals surface area contributed by atoms with Crippen molar-refractivity contribution in [3.05, 3.63) is 57.5 Å². The van der Waals surface area contributed by atoms with Gasteiger partial charge in [-0.2, -0.15) is 0 Å². The lowest BCUT2D eigenvalue weighted by Crippen LogP contribution is -1.97. The van der Waals surface area contributed by atoms with Gasteiger partial charge in [-0.1, -0.05) is 0 Å². The highest BCUT2D eigenvalue weighted by atomic mass is 32.2. The summed E-state index contributed by atoms with van der Waals surface area (Å²) in [5.41, 5.74) is 2.95. The molecule has 126 valence electrons. The summed E-state index contributed by atoms with van der Waals surface area (Å²) in [6.07, 6.45) is 9.11. The standard InChI is InChI=1S/C18H17F2NOS2/c1-23-16(24(2)22)9-12-5-6-21-18(17(12)11-3-4-11)13-7-14(19)10-15(20)8-13/h5-11H,3-4H2,1-2H3/b16-9+. The third kappa shape index (κ3) is 3.75. The zero-order valence-electron chi connectivity index (χ0n) is 13.4. The average molecular weight is 365 g/mol. The van der Waals surface area contributed by atoms with E-state index in [1.807, 2.05) is 18.4 Å². The maximum absolute atomic E-state index is 13.6. The van der Waals surface area contributed by atoms with Crippen LogP contribution >= 0.6 is 11.8 Å². The number of hydrogen-bond donors (Lipinski definition) is 0. The molecule has 1 aliphatic carbocycles. The Hall–Kier alpha value is -1.53. The summed E-state index contributed by atoms with van der Waals surface area (Å²) in [7, 11) is -1.08. The molecule has 1 fully saturated rings. The average Bonchev–Trinajstić information content (AvgIpc) is 3.35. The smallest absolute Gasteiger partial charge is 0.126 e. The molecule has 0 radical (unpaired) electrons. The highest BCUT2D eigenvalue weighted by Crippen LogP contribution is 2.46. The minimum absolute atomic E-state index is 0.333. The molecule has 1 heterocycles. The van der Waals surface area contributed by atoms with Gasteiger partial charge in [-0.3, -0.25) is 9.19 Å². The minimum Gasteiger partial charge on any atom is -0.256 e. The monoisotopic (exact) mass is 365 g/mol. The largest absolute Gasteiger partial charge is 0.256 e. The molecular weight excluding hydrogens is 348 g/mol. The Morgan fingerprint density at radius 2 is 1.96 bits per heavy atom. The zero-order valence-corrected chi connectivity index (χ0v) is 15.0. The van der Waals surface area contributed by atoms with E-state index >= 15 is 0 Å². The lowest BCUT2D eigenvalue weighted by Gasteiger charge is -2.13. The number of benzene rings is 1. The molecule has 1 saturated carbocycles. The number of hydrogen-bond acceptors (Lipinski definition) is 3. The van der Waals surface area contributed by atoms with E-state index in [0.717, 1.165) is 34.3 Å². The highest BCUT2D eigenvalue weighted by Gasteiger charge is 2.29. The lowest BCUT2D eigenvalue weighted by atomic mass is 9.97. The van der Waals surface area contributed by atoms with Gasteiger partial charge in [-0.05, 0) is 60.4 Å². The van der Waals surface area contributed by atoms with Crippen molar-refractivity contribution in [2.75, 3.05) is 12.5 Å². The van der Waals surface area contributed by atoms with Crippen LogP contribution in [0.3, 0.4) is 0 Å². The van der Waals surface area contributed by atoms with Crippen molar-refractivity contribution in [1.82, 2.24) is 4.98 Å². The van der Waals surface area contributed by atoms with Crippen LogP contribution in [-0.2, 0) is 10.8 Å². The fourth-order valence-electron chi connectivity index (χ4n) is 2.72. The van der Waals surface area contributed by atoms with E-state index in [4.69, 9.17) is 0 Å². The predicted octanol–water partition coefficient (Wildman–Crippen LogP) is 4.94. The molecule has 3 rings (SSSR count). The fourth-order valence-corrected chi connectivity index (χ4v) is 4.20. The van der Waals surface area contributed by atoms with Crippen LogP contribution in [-0.4, -0.2) is 21.7 Å². The Balaban J connectivity index is 2.18. The SMILES string of the molecule is CS/C(=C\c1ccnc(-c2cc(F)cc(F)c2)c1C1CC1)S(C)=O. The van der Waals surface area contributed by atoms with E-state index in [2.05, 4.69) is 4.98 Å². The van der Waals surface area contributed by atoms with Crippen molar-refractivity contribution in [3.8, 4) is 11.3 Å². The van der Waals surface area contributed by atoms with Crippen LogP contribution in [0, 0.1) is 11.6 Å². The number of nitrogens with zero attached hydrogens (tertiary/aromatic N) is 1. The number of halogens is 2. The molecule has 0 aliphatic heterocycles. The Bertz CT molecular complexity index is 812. The quantitative estimate of drug-likeness (QED) is 0.751. The van der Waals surface area contributed by atoms with E-state index in [0.29, 0.717) is 17.2 Å². The molecule has 1 unspecified atom stereocenters. The minimum atomic E-state index is -1.08. The van der Waals surface area contributed by atoms with Crippen molar-refractivity contribution in [2.24, 2.45) is 0 Å². The number of aromatic nitrogens is 1. The summed E-state index contributed by atoms with van der Waals surface area (Å²) < 4.78 is 39.8. The highest BCUT2D eigenvalue weighted by molar-refractivity contribution is 8.16. The van der Waals surface area contributed by atoms with Gasteiger partial charge < -0.3 is 0 Å². The van der Waals surface area contributed by atoms with Gasteiger partial charge in [-0.25, -0.2) is 8.78 Å². The van der Waals surface area contributed by atoms with Crippen LogP contribution in [0.4, 0.5) is 8.78 Å². The van der Waals surface area contributed by atoms with E-state index in [-0.39, 0.29) is 0 Å². The summed E-state index contributed by atoms with van der Waals surface area (Å²) in [5.74, 6) is -0.900. The summed E-state index contributed by atoms with van der Waals surface area (Å²) in [5, 5.41) is 0. The summed E-state index contributed by atoms with van der Waals surface area (Å²) in [4.78, 5) is 4.39. The Morgan fingerprint density at radius 1 is 1.29 bits per heavy atom. The first kappa shape index (κ1) is 17.3. The first-order valence-electron chi connectivity index (χ1n) is 7.54. The summed E-state index contributed by atoms with van der Waals surface area (Å²) in [6.45, 7) is 0. The van der Waals surface area contributed by atoms with Crippen LogP contribution in [0.15, 0.2) is 34.7 Å². The van der Waals surface area contributed by atoms with E-state index in [1.165, 1.54) is 23.9 Å². The maximum atomic E-state index is 13.6.